The zero-order chi connectivity index (χ0) is 14.5. The summed E-state index contributed by atoms with van der Waals surface area (Å²) in [5.74, 6) is -0.133. The predicted molar refractivity (Wildman–Crippen MR) is 81.9 cm³/mol. The van der Waals surface area contributed by atoms with E-state index >= 15 is 0 Å². The Bertz CT molecular complexity index is 668. The molecule has 0 fully saturated rings. The molecule has 2 rings (SSSR count). The second-order valence-corrected chi connectivity index (χ2v) is 5.02. The van der Waals surface area contributed by atoms with Crippen molar-refractivity contribution in [3.05, 3.63) is 64.1 Å². The minimum absolute atomic E-state index is 0.161. The standard InChI is InChI=1S/C15H13BrN2O2/c1-10(11-5-4-6-12(19)9-11)17-18-15(20)13-7-2-3-8-14(13)16/h2-9,19H,1H3,(H,18,20)/b17-10-. The van der Waals surface area contributed by atoms with E-state index in [4.69, 9.17) is 0 Å². The van der Waals surface area contributed by atoms with Gasteiger partial charge < -0.3 is 5.11 Å². The van der Waals surface area contributed by atoms with Crippen LogP contribution in [0.25, 0.3) is 0 Å². The summed E-state index contributed by atoms with van der Waals surface area (Å²) in [6.45, 7) is 1.76. The Morgan fingerprint density at radius 2 is 1.95 bits per heavy atom. The maximum absolute atomic E-state index is 12.0. The normalized spacial score (nSPS) is 11.2. The van der Waals surface area contributed by atoms with Crippen LogP contribution in [0.15, 0.2) is 58.1 Å². The molecular formula is C15H13BrN2O2. The third kappa shape index (κ3) is 3.45. The number of phenolic OH excluding ortho intramolecular Hbond substituents is 1. The van der Waals surface area contributed by atoms with Crippen LogP contribution < -0.4 is 5.43 Å². The molecule has 0 saturated carbocycles. The number of hydrogen-bond acceptors (Lipinski definition) is 3. The van der Waals surface area contributed by atoms with Gasteiger partial charge in [-0.2, -0.15) is 5.10 Å². The summed E-state index contributed by atoms with van der Waals surface area (Å²) < 4.78 is 0.711. The lowest BCUT2D eigenvalue weighted by molar-refractivity contribution is 0.0954. The van der Waals surface area contributed by atoms with Crippen molar-refractivity contribution in [2.45, 2.75) is 6.92 Å². The van der Waals surface area contributed by atoms with E-state index in [2.05, 4.69) is 26.5 Å². The summed E-state index contributed by atoms with van der Waals surface area (Å²) >= 11 is 3.32. The molecule has 0 unspecified atom stereocenters. The first-order chi connectivity index (χ1) is 9.58. The third-order valence-electron chi connectivity index (χ3n) is 2.71. The van der Waals surface area contributed by atoms with Gasteiger partial charge in [0.05, 0.1) is 11.3 Å². The fourth-order valence-electron chi connectivity index (χ4n) is 1.64. The number of benzene rings is 2. The van der Waals surface area contributed by atoms with E-state index in [9.17, 15) is 9.90 Å². The molecule has 2 aromatic carbocycles. The lowest BCUT2D eigenvalue weighted by atomic mass is 10.1. The Kier molecular flexibility index (Phi) is 4.53. The zero-order valence-corrected chi connectivity index (χ0v) is 12.4. The minimum Gasteiger partial charge on any atom is -0.508 e. The molecule has 0 spiro atoms. The van der Waals surface area contributed by atoms with Crippen LogP contribution in [-0.2, 0) is 0 Å². The second-order valence-electron chi connectivity index (χ2n) is 4.17. The fourth-order valence-corrected chi connectivity index (χ4v) is 2.10. The lowest BCUT2D eigenvalue weighted by Gasteiger charge is -2.04. The summed E-state index contributed by atoms with van der Waals surface area (Å²) in [5, 5.41) is 13.4. The quantitative estimate of drug-likeness (QED) is 0.669. The number of phenols is 1. The van der Waals surface area contributed by atoms with Crippen molar-refractivity contribution in [3.8, 4) is 5.75 Å². The highest BCUT2D eigenvalue weighted by Gasteiger charge is 2.08. The van der Waals surface area contributed by atoms with Gasteiger partial charge in [-0.3, -0.25) is 4.79 Å². The van der Waals surface area contributed by atoms with Gasteiger partial charge in [0, 0.05) is 10.0 Å². The SMILES string of the molecule is C/C(=N/NC(=O)c1ccccc1Br)c1cccc(O)c1. The Balaban J connectivity index is 2.13. The van der Waals surface area contributed by atoms with Crippen LogP contribution in [0.4, 0.5) is 0 Å². The number of aromatic hydroxyl groups is 1. The fraction of sp³-hybridized carbons (Fsp3) is 0.0667. The number of amides is 1. The van der Waals surface area contributed by atoms with Crippen molar-refractivity contribution in [2.75, 3.05) is 0 Å². The monoisotopic (exact) mass is 332 g/mol. The molecule has 0 saturated heterocycles. The summed E-state index contributed by atoms with van der Waals surface area (Å²) in [7, 11) is 0. The summed E-state index contributed by atoms with van der Waals surface area (Å²) in [6.07, 6.45) is 0. The smallest absolute Gasteiger partial charge is 0.272 e. The van der Waals surface area contributed by atoms with Gasteiger partial charge in [-0.15, -0.1) is 0 Å². The predicted octanol–water partition coefficient (Wildman–Crippen LogP) is 3.31. The molecule has 0 aromatic heterocycles. The zero-order valence-electron chi connectivity index (χ0n) is 10.8. The van der Waals surface area contributed by atoms with E-state index < -0.39 is 0 Å². The molecule has 0 radical (unpaired) electrons. The number of carbonyl (C=O) groups is 1. The van der Waals surface area contributed by atoms with Gasteiger partial charge in [-0.05, 0) is 47.1 Å². The maximum atomic E-state index is 12.0. The molecule has 20 heavy (non-hydrogen) atoms. The number of hydrogen-bond donors (Lipinski definition) is 2. The minimum atomic E-state index is -0.294. The van der Waals surface area contributed by atoms with Crippen LogP contribution in [0.5, 0.6) is 5.75 Å². The molecule has 1 amide bonds. The van der Waals surface area contributed by atoms with Gasteiger partial charge in [0.2, 0.25) is 0 Å². The van der Waals surface area contributed by atoms with Crippen molar-refractivity contribution < 1.29 is 9.90 Å². The number of hydrazone groups is 1. The van der Waals surface area contributed by atoms with Crippen molar-refractivity contribution in [1.82, 2.24) is 5.43 Å². The molecule has 4 nitrogen and oxygen atoms in total. The molecule has 0 aliphatic carbocycles. The first kappa shape index (κ1) is 14.3. The topological polar surface area (TPSA) is 61.7 Å². The van der Waals surface area contributed by atoms with Crippen LogP contribution in [0.1, 0.15) is 22.8 Å². The second kappa shape index (κ2) is 6.34. The summed E-state index contributed by atoms with van der Waals surface area (Å²) in [6, 6.07) is 13.8. The van der Waals surface area contributed by atoms with E-state index in [0.29, 0.717) is 15.7 Å². The lowest BCUT2D eigenvalue weighted by Crippen LogP contribution is -2.19. The van der Waals surface area contributed by atoms with Crippen molar-refractivity contribution in [3.63, 3.8) is 0 Å². The van der Waals surface area contributed by atoms with Crippen LogP contribution in [0.3, 0.4) is 0 Å². The first-order valence-corrected chi connectivity index (χ1v) is 6.76. The molecule has 0 aliphatic rings. The van der Waals surface area contributed by atoms with E-state index in [1.165, 1.54) is 0 Å². The maximum Gasteiger partial charge on any atom is 0.272 e. The third-order valence-corrected chi connectivity index (χ3v) is 3.40. The molecule has 2 aromatic rings. The van der Waals surface area contributed by atoms with E-state index in [-0.39, 0.29) is 11.7 Å². The Hall–Kier alpha value is -2.14. The average molecular weight is 333 g/mol. The number of carbonyl (C=O) groups excluding carboxylic acids is 1. The molecule has 102 valence electrons. The van der Waals surface area contributed by atoms with Crippen LogP contribution >= 0.6 is 15.9 Å². The van der Waals surface area contributed by atoms with Crippen molar-refractivity contribution >= 4 is 27.5 Å². The Labute approximate surface area is 125 Å². The molecule has 5 heteroatoms. The van der Waals surface area contributed by atoms with Crippen LogP contribution in [0, 0.1) is 0 Å². The number of halogens is 1. The van der Waals surface area contributed by atoms with Crippen molar-refractivity contribution in [2.24, 2.45) is 5.10 Å². The number of nitrogens with zero attached hydrogens (tertiary/aromatic N) is 1. The first-order valence-electron chi connectivity index (χ1n) is 5.96. The summed E-state index contributed by atoms with van der Waals surface area (Å²) in [4.78, 5) is 12.0. The Morgan fingerprint density at radius 1 is 1.20 bits per heavy atom. The molecule has 2 N–H and O–H groups in total. The highest BCUT2D eigenvalue weighted by Crippen LogP contribution is 2.15. The van der Waals surface area contributed by atoms with Gasteiger partial charge in [-0.25, -0.2) is 5.43 Å². The molecular weight excluding hydrogens is 320 g/mol. The molecule has 0 bridgehead atoms. The van der Waals surface area contributed by atoms with E-state index in [1.807, 2.05) is 12.1 Å². The van der Waals surface area contributed by atoms with Gasteiger partial charge in [0.25, 0.3) is 5.91 Å². The highest BCUT2D eigenvalue weighted by atomic mass is 79.9. The van der Waals surface area contributed by atoms with Gasteiger partial charge in [0.1, 0.15) is 5.75 Å². The highest BCUT2D eigenvalue weighted by molar-refractivity contribution is 9.10. The average Bonchev–Trinajstić information content (AvgIpc) is 2.45. The number of rotatable bonds is 3. The summed E-state index contributed by atoms with van der Waals surface area (Å²) in [5.41, 5.74) is 4.37. The van der Waals surface area contributed by atoms with Crippen molar-refractivity contribution in [1.29, 1.82) is 0 Å². The van der Waals surface area contributed by atoms with Gasteiger partial charge in [-0.1, -0.05) is 24.3 Å². The number of nitrogens with one attached hydrogen (secondary N) is 1. The molecule has 0 atom stereocenters. The molecule has 0 aliphatic heterocycles. The van der Waals surface area contributed by atoms with E-state index in [0.717, 1.165) is 5.56 Å². The van der Waals surface area contributed by atoms with E-state index in [1.54, 1.807) is 43.3 Å². The van der Waals surface area contributed by atoms with Crippen LogP contribution in [-0.4, -0.2) is 16.7 Å². The largest absolute Gasteiger partial charge is 0.508 e. The van der Waals surface area contributed by atoms with Gasteiger partial charge in [0.15, 0.2) is 0 Å². The van der Waals surface area contributed by atoms with Gasteiger partial charge >= 0.3 is 0 Å². The Morgan fingerprint density at radius 3 is 2.65 bits per heavy atom. The van der Waals surface area contributed by atoms with Crippen LogP contribution in [0.2, 0.25) is 0 Å². The molecule has 0 heterocycles.